The van der Waals surface area contributed by atoms with Crippen molar-refractivity contribution in [2.45, 2.75) is 280 Å². The number of hydrogen-bond acceptors (Lipinski definition) is 4. The van der Waals surface area contributed by atoms with E-state index in [1.807, 2.05) is 0 Å². The summed E-state index contributed by atoms with van der Waals surface area (Å²) in [7, 11) is 8.93. The molecule has 5 rings (SSSR count). The molecule has 0 aromatic carbocycles. The van der Waals surface area contributed by atoms with E-state index >= 15 is 0 Å². The summed E-state index contributed by atoms with van der Waals surface area (Å²) in [6, 6.07) is 0. The van der Waals surface area contributed by atoms with E-state index < -0.39 is 0 Å². The van der Waals surface area contributed by atoms with Crippen LogP contribution in [0.5, 0.6) is 0 Å². The second-order valence-corrected chi connectivity index (χ2v) is 29.0. The second kappa shape index (κ2) is 30.7. The number of quaternary nitrogens is 2. The maximum Gasteiger partial charge on any atom is 0.362 e. The molecule has 0 aliphatic heterocycles. The first kappa shape index (κ1) is 67.5. The molecule has 0 bridgehead atoms. The first-order valence-corrected chi connectivity index (χ1v) is 31.8. The zero-order chi connectivity index (χ0) is 52.7. The summed E-state index contributed by atoms with van der Waals surface area (Å²) in [4.78, 5) is 27.6. The Morgan fingerprint density at radius 2 is 0.973 bits per heavy atom. The molecule has 5 fully saturated rings. The van der Waals surface area contributed by atoms with Crippen LogP contribution < -0.4 is 24.8 Å². The summed E-state index contributed by atoms with van der Waals surface area (Å²) < 4.78 is 14.6. The predicted octanol–water partition coefficient (Wildman–Crippen LogP) is 11.7. The third-order valence-electron chi connectivity index (χ3n) is 22.3. The molecule has 0 aromatic heterocycles. The van der Waals surface area contributed by atoms with E-state index in [4.69, 9.17) is 9.47 Å². The fraction of sp³-hybridized carbons (Fsp3) is 0.939. The molecule has 6 nitrogen and oxygen atoms in total. The zero-order valence-electron chi connectivity index (χ0n) is 51.0. The molecule has 10 atom stereocenters. The normalized spacial score (nSPS) is 31.2. The lowest BCUT2D eigenvalue weighted by molar-refractivity contribution is -0.883. The van der Waals surface area contributed by atoms with Gasteiger partial charge in [0.1, 0.15) is 6.10 Å². The number of esters is 2. The summed E-state index contributed by atoms with van der Waals surface area (Å²) in [5.41, 5.74) is 2.06. The van der Waals surface area contributed by atoms with Gasteiger partial charge in [0.05, 0.1) is 47.9 Å². The molecule has 0 heterocycles. The number of carbonyl (C=O) groups excluding carboxylic acids is 2. The quantitative estimate of drug-likeness (QED) is 0.0279. The van der Waals surface area contributed by atoms with E-state index in [0.717, 1.165) is 41.3 Å². The maximum absolute atomic E-state index is 13.8. The largest absolute Gasteiger partial charge is 1.00 e. The second-order valence-electron chi connectivity index (χ2n) is 29.0. The molecule has 5 aliphatic carbocycles. The predicted molar refractivity (Wildman–Crippen MR) is 306 cm³/mol. The molecule has 74 heavy (non-hydrogen) atoms. The van der Waals surface area contributed by atoms with Gasteiger partial charge in [0.2, 0.25) is 0 Å². The first-order chi connectivity index (χ1) is 34.1. The van der Waals surface area contributed by atoms with Gasteiger partial charge in [-0.05, 0) is 143 Å². The van der Waals surface area contributed by atoms with Gasteiger partial charge in [0.25, 0.3) is 0 Å². The van der Waals surface area contributed by atoms with Crippen LogP contribution in [0.2, 0.25) is 0 Å². The van der Waals surface area contributed by atoms with Crippen LogP contribution in [0, 0.1) is 56.7 Å². The highest BCUT2D eigenvalue weighted by Gasteiger charge is 2.71. The Kier molecular flexibility index (Phi) is 28.0. The summed E-state index contributed by atoms with van der Waals surface area (Å²) in [5.74, 6) is 2.87. The molecule has 0 saturated heterocycles. The molecule has 434 valence electrons. The average molecular weight is 1080 g/mol. The highest BCUT2D eigenvalue weighted by atomic mass is 35.5. The number of carbonyl (C=O) groups is 2. The lowest BCUT2D eigenvalue weighted by Gasteiger charge is -2.73. The third kappa shape index (κ3) is 17.3. The molecular formula is C66H122Cl2N2O4. The van der Waals surface area contributed by atoms with Crippen molar-refractivity contribution in [3.05, 3.63) is 12.2 Å². The fourth-order valence-corrected chi connectivity index (χ4v) is 17.8. The smallest absolute Gasteiger partial charge is 0.362 e. The van der Waals surface area contributed by atoms with Crippen LogP contribution in [0.1, 0.15) is 274 Å². The van der Waals surface area contributed by atoms with Gasteiger partial charge < -0.3 is 43.3 Å². The summed E-state index contributed by atoms with van der Waals surface area (Å²) in [5, 5.41) is 0. The summed E-state index contributed by atoms with van der Waals surface area (Å²) in [6.07, 6.45) is 44.5. The SMILES string of the molecule is C=C(C)[C@@H]1CC[C@]2(COC(=O)C[N+](C)(C)CCCCCCCCCCCCCC)CC[C@]3(C)C(CCC4[C@@]5(C)CC[C@H](OC(=O)C[N+](C)(C)CCCCCCCCCCCCCC)C(C)(C)C5CC[C@]43C)C12.[Cl-].[Cl-]. The van der Waals surface area contributed by atoms with Crippen molar-refractivity contribution in [3.8, 4) is 0 Å². The van der Waals surface area contributed by atoms with Crippen molar-refractivity contribution in [1.29, 1.82) is 0 Å². The molecule has 0 radical (unpaired) electrons. The first-order valence-electron chi connectivity index (χ1n) is 31.8. The van der Waals surface area contributed by atoms with Crippen LogP contribution in [-0.4, -0.2) is 88.0 Å². The number of nitrogens with zero attached hydrogens (tertiary/aromatic N) is 2. The lowest BCUT2D eigenvalue weighted by atomic mass is 9.32. The van der Waals surface area contributed by atoms with E-state index in [1.165, 1.54) is 205 Å². The zero-order valence-corrected chi connectivity index (χ0v) is 52.5. The van der Waals surface area contributed by atoms with Crippen molar-refractivity contribution in [2.75, 3.05) is 61.0 Å². The Hall–Kier alpha value is -0.820. The Morgan fingerprint density at radius 3 is 1.45 bits per heavy atom. The summed E-state index contributed by atoms with van der Waals surface area (Å²) in [6.45, 7) is 28.2. The Balaban J connectivity index is 0.00000722. The van der Waals surface area contributed by atoms with E-state index in [9.17, 15) is 9.59 Å². The average Bonchev–Trinajstić information content (AvgIpc) is 3.70. The molecule has 0 amide bonds. The maximum atomic E-state index is 13.8. The van der Waals surface area contributed by atoms with Gasteiger partial charge in [0.15, 0.2) is 13.1 Å². The van der Waals surface area contributed by atoms with Crippen LogP contribution in [0.4, 0.5) is 0 Å². The molecule has 8 heteroatoms. The van der Waals surface area contributed by atoms with Crippen molar-refractivity contribution in [3.63, 3.8) is 0 Å². The number of fused-ring (bicyclic) bond motifs is 7. The molecule has 0 aromatic rings. The van der Waals surface area contributed by atoms with Crippen molar-refractivity contribution in [2.24, 2.45) is 56.7 Å². The van der Waals surface area contributed by atoms with Crippen molar-refractivity contribution < 1.29 is 52.8 Å². The number of likely N-dealkylation sites (N-methyl/N-ethyl adjacent to an activating group) is 2. The molecule has 5 saturated carbocycles. The van der Waals surface area contributed by atoms with Crippen LogP contribution >= 0.6 is 0 Å². The Morgan fingerprint density at radius 1 is 0.514 bits per heavy atom. The van der Waals surface area contributed by atoms with E-state index in [2.05, 4.69) is 90.2 Å². The molecule has 5 aliphatic rings. The van der Waals surface area contributed by atoms with Gasteiger partial charge in [-0.25, -0.2) is 9.59 Å². The number of halogens is 2. The number of ether oxygens (including phenoxy) is 2. The number of allylic oxidation sites excluding steroid dienone is 1. The minimum atomic E-state index is -0.0591. The standard InChI is InChI=1S/C66H122N2O4.2ClH/c1-14-16-18-20-22-24-26-28-30-32-34-36-48-67(10,11)50-59(69)71-52-66-45-40-54(53(3)4)61(66)55-38-39-57-63(7)43-42-58(62(5,6)56(63)41-44-65(57,9)64(55,8)46-47-66)72-60(70)51-68(12,13)49-37-35-33-31-29-27-25-23-21-19-17-15-2;;/h54-58,61H,3,14-52H2,1-2,4-13H3;2*1H/q+2;;/p-2/t54-,55?,56?,57?,58-,61?,63-,64+,65+,66+;;/m0../s1. The van der Waals surface area contributed by atoms with Crippen LogP contribution in [0.25, 0.3) is 0 Å². The molecule has 4 unspecified atom stereocenters. The van der Waals surface area contributed by atoms with Gasteiger partial charge >= 0.3 is 11.9 Å². The molecule has 0 spiro atoms. The lowest BCUT2D eigenvalue weighted by Crippen LogP contribution is -3.00. The topological polar surface area (TPSA) is 52.6 Å². The Bertz CT molecular complexity index is 1670. The minimum Gasteiger partial charge on any atom is -1.00 e. The highest BCUT2D eigenvalue weighted by Crippen LogP contribution is 2.77. The van der Waals surface area contributed by atoms with E-state index in [1.54, 1.807) is 0 Å². The number of unbranched alkanes of at least 4 members (excludes halogenated alkanes) is 22. The Labute approximate surface area is 472 Å². The monoisotopic (exact) mass is 1080 g/mol. The number of hydrogen-bond donors (Lipinski definition) is 0. The molecular weight excluding hydrogens is 956 g/mol. The van der Waals surface area contributed by atoms with Crippen LogP contribution in [0.3, 0.4) is 0 Å². The van der Waals surface area contributed by atoms with Gasteiger partial charge in [0, 0.05) is 10.8 Å². The van der Waals surface area contributed by atoms with Gasteiger partial charge in [-0.15, -0.1) is 0 Å². The van der Waals surface area contributed by atoms with E-state index in [-0.39, 0.29) is 69.9 Å². The third-order valence-corrected chi connectivity index (χ3v) is 22.3. The van der Waals surface area contributed by atoms with E-state index in [0.29, 0.717) is 49.3 Å². The van der Waals surface area contributed by atoms with Gasteiger partial charge in [-0.1, -0.05) is 189 Å². The highest BCUT2D eigenvalue weighted by molar-refractivity contribution is 5.71. The minimum absolute atomic E-state index is 0. The van der Waals surface area contributed by atoms with Gasteiger partial charge in [-0.2, -0.15) is 0 Å². The van der Waals surface area contributed by atoms with Gasteiger partial charge in [-0.3, -0.25) is 0 Å². The summed E-state index contributed by atoms with van der Waals surface area (Å²) >= 11 is 0. The van der Waals surface area contributed by atoms with Crippen LogP contribution in [-0.2, 0) is 19.1 Å². The van der Waals surface area contributed by atoms with Crippen molar-refractivity contribution in [1.82, 2.24) is 0 Å². The van der Waals surface area contributed by atoms with Crippen molar-refractivity contribution >= 4 is 11.9 Å². The number of rotatable bonds is 34. The fourth-order valence-electron chi connectivity index (χ4n) is 17.8. The van der Waals surface area contributed by atoms with Crippen LogP contribution in [0.15, 0.2) is 12.2 Å². The molecule has 0 N–H and O–H groups in total.